The number of aliphatic hydroxyl groups is 1. The highest BCUT2D eigenvalue weighted by Gasteiger charge is 2.38. The van der Waals surface area contributed by atoms with Crippen LogP contribution in [-0.4, -0.2) is 5.11 Å². The summed E-state index contributed by atoms with van der Waals surface area (Å²) >= 11 is 12.2. The molecular weight excluding hydrogens is 255 g/mol. The first-order valence-corrected chi connectivity index (χ1v) is 6.84. The zero-order valence-electron chi connectivity index (χ0n) is 10.2. The van der Waals surface area contributed by atoms with Crippen LogP contribution in [0, 0.1) is 11.8 Å². The number of hydrogen-bond acceptors (Lipinski definition) is 1. The van der Waals surface area contributed by atoms with E-state index in [4.69, 9.17) is 23.2 Å². The Labute approximate surface area is 113 Å². The third kappa shape index (κ3) is 2.78. The summed E-state index contributed by atoms with van der Waals surface area (Å²) < 4.78 is 0. The zero-order chi connectivity index (χ0) is 12.6. The largest absolute Gasteiger partial charge is 0.385 e. The van der Waals surface area contributed by atoms with Gasteiger partial charge >= 0.3 is 0 Å². The molecule has 1 aromatic rings. The average Bonchev–Trinajstić information content (AvgIpc) is 2.19. The minimum absolute atomic E-state index is 0.513. The second kappa shape index (κ2) is 4.79. The number of halogens is 2. The Morgan fingerprint density at radius 3 is 2.35 bits per heavy atom. The van der Waals surface area contributed by atoms with Crippen LogP contribution in [-0.2, 0) is 5.60 Å². The van der Waals surface area contributed by atoms with Crippen molar-refractivity contribution in [2.45, 2.75) is 38.7 Å². The van der Waals surface area contributed by atoms with Crippen LogP contribution in [0.1, 0.15) is 38.7 Å². The summed E-state index contributed by atoms with van der Waals surface area (Å²) in [6.45, 7) is 4.36. The van der Waals surface area contributed by atoms with Gasteiger partial charge in [-0.25, -0.2) is 0 Å². The van der Waals surface area contributed by atoms with Gasteiger partial charge in [-0.15, -0.1) is 0 Å². The Bertz CT molecular complexity index is 407. The van der Waals surface area contributed by atoms with Crippen molar-refractivity contribution >= 4 is 23.2 Å². The van der Waals surface area contributed by atoms with E-state index in [1.807, 2.05) is 0 Å². The van der Waals surface area contributed by atoms with E-state index >= 15 is 0 Å². The van der Waals surface area contributed by atoms with Gasteiger partial charge in [-0.3, -0.25) is 0 Å². The van der Waals surface area contributed by atoms with E-state index in [1.165, 1.54) is 6.42 Å². The van der Waals surface area contributed by atoms with Gasteiger partial charge in [0.05, 0.1) is 5.60 Å². The summed E-state index contributed by atoms with van der Waals surface area (Å²) in [7, 11) is 0. The van der Waals surface area contributed by atoms with Gasteiger partial charge in [0, 0.05) is 15.6 Å². The maximum Gasteiger partial charge on any atom is 0.0916 e. The predicted molar refractivity (Wildman–Crippen MR) is 72.5 cm³/mol. The molecule has 0 heterocycles. The molecule has 1 nitrogen and oxygen atoms in total. The first-order valence-electron chi connectivity index (χ1n) is 6.08. The second-order valence-electron chi connectivity index (χ2n) is 5.51. The summed E-state index contributed by atoms with van der Waals surface area (Å²) in [5.74, 6) is 1.03. The third-order valence-electron chi connectivity index (χ3n) is 3.61. The average molecular weight is 273 g/mol. The van der Waals surface area contributed by atoms with Crippen LogP contribution in [0.4, 0.5) is 0 Å². The van der Waals surface area contributed by atoms with Crippen LogP contribution < -0.4 is 0 Å². The van der Waals surface area contributed by atoms with Crippen LogP contribution in [0.25, 0.3) is 0 Å². The quantitative estimate of drug-likeness (QED) is 0.790. The van der Waals surface area contributed by atoms with Crippen molar-refractivity contribution < 1.29 is 5.11 Å². The highest BCUT2D eigenvalue weighted by atomic mass is 35.5. The van der Waals surface area contributed by atoms with Crippen molar-refractivity contribution in [1.82, 2.24) is 0 Å². The fraction of sp³-hybridized carbons (Fsp3) is 0.571. The molecule has 0 spiro atoms. The summed E-state index contributed by atoms with van der Waals surface area (Å²) in [5.41, 5.74) is -0.0379. The lowest BCUT2D eigenvalue weighted by Crippen LogP contribution is -2.35. The zero-order valence-corrected chi connectivity index (χ0v) is 11.7. The number of hydrogen-bond donors (Lipinski definition) is 1. The summed E-state index contributed by atoms with van der Waals surface area (Å²) in [4.78, 5) is 0. The van der Waals surface area contributed by atoms with E-state index in [0.717, 1.165) is 18.4 Å². The molecule has 1 saturated carbocycles. The third-order valence-corrected chi connectivity index (χ3v) is 4.17. The minimum Gasteiger partial charge on any atom is -0.385 e. The van der Waals surface area contributed by atoms with E-state index in [2.05, 4.69) is 13.8 Å². The molecule has 3 heteroatoms. The molecular formula is C14H18Cl2O. The Kier molecular flexibility index (Phi) is 3.72. The highest BCUT2D eigenvalue weighted by molar-refractivity contribution is 6.33. The lowest BCUT2D eigenvalue weighted by atomic mass is 9.71. The first kappa shape index (κ1) is 13.2. The maximum absolute atomic E-state index is 10.8. The van der Waals surface area contributed by atoms with E-state index in [9.17, 15) is 5.11 Å². The van der Waals surface area contributed by atoms with Crippen LogP contribution >= 0.6 is 23.2 Å². The van der Waals surface area contributed by atoms with Gasteiger partial charge < -0.3 is 5.11 Å². The molecule has 1 aliphatic carbocycles. The lowest BCUT2D eigenvalue weighted by molar-refractivity contribution is -0.0361. The number of rotatable bonds is 1. The van der Waals surface area contributed by atoms with Gasteiger partial charge in [0.2, 0.25) is 0 Å². The molecule has 1 aromatic carbocycles. The molecule has 0 radical (unpaired) electrons. The normalized spacial score (nSPS) is 33.7. The Morgan fingerprint density at radius 2 is 1.76 bits per heavy atom. The Balaban J connectivity index is 2.39. The minimum atomic E-state index is -0.820. The van der Waals surface area contributed by atoms with E-state index < -0.39 is 5.60 Å². The van der Waals surface area contributed by atoms with E-state index in [-0.39, 0.29) is 0 Å². The van der Waals surface area contributed by atoms with E-state index in [0.29, 0.717) is 21.9 Å². The van der Waals surface area contributed by atoms with Crippen molar-refractivity contribution in [3.8, 4) is 0 Å². The highest BCUT2D eigenvalue weighted by Crippen LogP contribution is 2.45. The van der Waals surface area contributed by atoms with Crippen molar-refractivity contribution in [3.05, 3.63) is 33.8 Å². The SMILES string of the molecule is CC1CC(C)CC(O)(c2cc(Cl)ccc2Cl)C1. The Hall–Kier alpha value is -0.240. The Morgan fingerprint density at radius 1 is 1.18 bits per heavy atom. The molecule has 1 aliphatic rings. The van der Waals surface area contributed by atoms with Crippen molar-refractivity contribution in [1.29, 1.82) is 0 Å². The molecule has 94 valence electrons. The van der Waals surface area contributed by atoms with Crippen LogP contribution in [0.2, 0.25) is 10.0 Å². The monoisotopic (exact) mass is 272 g/mol. The fourth-order valence-corrected chi connectivity index (χ4v) is 3.63. The molecule has 0 amide bonds. The van der Waals surface area contributed by atoms with Gasteiger partial charge in [-0.2, -0.15) is 0 Å². The van der Waals surface area contributed by atoms with Gasteiger partial charge in [0.15, 0.2) is 0 Å². The van der Waals surface area contributed by atoms with Crippen molar-refractivity contribution in [2.24, 2.45) is 11.8 Å². The van der Waals surface area contributed by atoms with Crippen molar-refractivity contribution in [3.63, 3.8) is 0 Å². The molecule has 2 atom stereocenters. The molecule has 0 aromatic heterocycles. The summed E-state index contributed by atoms with van der Waals surface area (Å²) in [6, 6.07) is 5.32. The fourth-order valence-electron chi connectivity index (χ4n) is 3.16. The van der Waals surface area contributed by atoms with Crippen LogP contribution in [0.3, 0.4) is 0 Å². The molecule has 1 fully saturated rings. The smallest absolute Gasteiger partial charge is 0.0916 e. The molecule has 17 heavy (non-hydrogen) atoms. The predicted octanol–water partition coefficient (Wildman–Crippen LogP) is 4.64. The van der Waals surface area contributed by atoms with Gasteiger partial charge in [0.25, 0.3) is 0 Å². The van der Waals surface area contributed by atoms with Crippen molar-refractivity contribution in [2.75, 3.05) is 0 Å². The first-order chi connectivity index (χ1) is 7.90. The molecule has 0 bridgehead atoms. The standard InChI is InChI=1S/C14H18Cl2O/c1-9-5-10(2)8-14(17,7-9)12-6-11(15)3-4-13(12)16/h3-4,6,9-10,17H,5,7-8H2,1-2H3. The number of benzene rings is 1. The molecule has 2 unspecified atom stereocenters. The van der Waals surface area contributed by atoms with Gasteiger partial charge in [-0.1, -0.05) is 37.0 Å². The lowest BCUT2D eigenvalue weighted by Gasteiger charge is -2.39. The topological polar surface area (TPSA) is 20.2 Å². The van der Waals surface area contributed by atoms with Gasteiger partial charge in [-0.05, 0) is 49.3 Å². The second-order valence-corrected chi connectivity index (χ2v) is 6.35. The molecule has 0 aliphatic heterocycles. The van der Waals surface area contributed by atoms with Crippen LogP contribution in [0.15, 0.2) is 18.2 Å². The maximum atomic E-state index is 10.8. The summed E-state index contributed by atoms with van der Waals surface area (Å²) in [5, 5.41) is 12.1. The molecule has 1 N–H and O–H groups in total. The van der Waals surface area contributed by atoms with E-state index in [1.54, 1.807) is 18.2 Å². The van der Waals surface area contributed by atoms with Crippen LogP contribution in [0.5, 0.6) is 0 Å². The molecule has 0 saturated heterocycles. The van der Waals surface area contributed by atoms with Gasteiger partial charge in [0.1, 0.15) is 0 Å². The molecule has 2 rings (SSSR count). The summed E-state index contributed by atoms with van der Waals surface area (Å²) in [6.07, 6.45) is 2.69.